The van der Waals surface area contributed by atoms with Gasteiger partial charge in [0.05, 0.1) is 30.4 Å². The lowest BCUT2D eigenvalue weighted by Crippen LogP contribution is -2.45. The summed E-state index contributed by atoms with van der Waals surface area (Å²) in [4.78, 5) is 24.5. The van der Waals surface area contributed by atoms with Crippen LogP contribution in [0.4, 0.5) is 4.79 Å². The van der Waals surface area contributed by atoms with Gasteiger partial charge in [0.15, 0.2) is 11.5 Å². The second kappa shape index (κ2) is 9.48. The molecule has 0 radical (unpaired) electrons. The van der Waals surface area contributed by atoms with Gasteiger partial charge in [0.25, 0.3) is 0 Å². The van der Waals surface area contributed by atoms with Gasteiger partial charge < -0.3 is 30.0 Å². The number of hydrogen-bond donors (Lipinski definition) is 3. The molecule has 0 aliphatic carbocycles. The highest BCUT2D eigenvalue weighted by molar-refractivity contribution is 6.32. The minimum absolute atomic E-state index is 0.0375. The minimum Gasteiger partial charge on any atom is -0.503 e. The molecule has 1 aliphatic rings. The van der Waals surface area contributed by atoms with Crippen molar-refractivity contribution in [1.29, 1.82) is 0 Å². The van der Waals surface area contributed by atoms with E-state index in [1.165, 1.54) is 19.2 Å². The van der Waals surface area contributed by atoms with Gasteiger partial charge >= 0.3 is 12.0 Å². The van der Waals surface area contributed by atoms with Crippen LogP contribution in [0.2, 0.25) is 5.02 Å². The summed E-state index contributed by atoms with van der Waals surface area (Å²) < 4.78 is 15.7. The number of phenols is 1. The molecule has 0 unspecified atom stereocenters. The molecule has 148 valence electrons. The number of esters is 1. The molecule has 1 heterocycles. The highest BCUT2D eigenvalue weighted by Gasteiger charge is 2.33. The zero-order valence-corrected chi connectivity index (χ0v) is 16.2. The van der Waals surface area contributed by atoms with Gasteiger partial charge in [0, 0.05) is 12.3 Å². The largest absolute Gasteiger partial charge is 0.503 e. The summed E-state index contributed by atoms with van der Waals surface area (Å²) in [6, 6.07) is 1.68. The predicted octanol–water partition coefficient (Wildman–Crippen LogP) is 2.65. The van der Waals surface area contributed by atoms with E-state index in [2.05, 4.69) is 10.6 Å². The Labute approximate surface area is 162 Å². The molecule has 9 heteroatoms. The van der Waals surface area contributed by atoms with Crippen LogP contribution in [-0.2, 0) is 14.3 Å². The molecule has 3 N–H and O–H groups in total. The number of ether oxygens (including phenoxy) is 3. The summed E-state index contributed by atoms with van der Waals surface area (Å²) in [6.45, 7) is 4.56. The Morgan fingerprint density at radius 3 is 2.70 bits per heavy atom. The van der Waals surface area contributed by atoms with E-state index in [4.69, 9.17) is 25.8 Å². The fourth-order valence-electron chi connectivity index (χ4n) is 2.65. The van der Waals surface area contributed by atoms with Gasteiger partial charge in [-0.2, -0.15) is 0 Å². The molecule has 0 saturated heterocycles. The maximum atomic E-state index is 12.6. The summed E-state index contributed by atoms with van der Waals surface area (Å²) >= 11 is 6.04. The Bertz CT molecular complexity index is 750. The number of aromatic hydroxyl groups is 1. The van der Waals surface area contributed by atoms with Crippen LogP contribution in [0.15, 0.2) is 23.4 Å². The van der Waals surface area contributed by atoms with E-state index in [0.29, 0.717) is 17.9 Å². The van der Waals surface area contributed by atoms with Crippen LogP contribution in [0.3, 0.4) is 0 Å². The zero-order chi connectivity index (χ0) is 20.0. The normalized spacial score (nSPS) is 16.6. The first kappa shape index (κ1) is 20.9. The van der Waals surface area contributed by atoms with E-state index in [-0.39, 0.29) is 35.3 Å². The van der Waals surface area contributed by atoms with E-state index in [1.54, 1.807) is 6.92 Å². The molecule has 0 saturated carbocycles. The van der Waals surface area contributed by atoms with Gasteiger partial charge in [-0.1, -0.05) is 18.5 Å². The average molecular weight is 399 g/mol. The number of benzene rings is 1. The first-order valence-corrected chi connectivity index (χ1v) is 8.86. The monoisotopic (exact) mass is 398 g/mol. The third-order valence-corrected chi connectivity index (χ3v) is 4.19. The number of nitrogens with one attached hydrogen (secondary N) is 2. The van der Waals surface area contributed by atoms with E-state index >= 15 is 0 Å². The SMILES string of the molecule is CCCOCCOC(=O)C1=C(C)NC(=O)N[C@@H]1c1cc(Cl)c(O)c(OC)c1. The Morgan fingerprint density at radius 2 is 2.04 bits per heavy atom. The molecule has 8 nitrogen and oxygen atoms in total. The summed E-state index contributed by atoms with van der Waals surface area (Å²) in [5.74, 6) is -0.682. The number of phenolic OH excluding ortho intramolecular Hbond substituents is 1. The first-order valence-electron chi connectivity index (χ1n) is 8.48. The number of carbonyl (C=O) groups is 2. The van der Waals surface area contributed by atoms with Crippen LogP contribution in [0.1, 0.15) is 31.9 Å². The van der Waals surface area contributed by atoms with Crippen molar-refractivity contribution in [2.24, 2.45) is 0 Å². The molecular weight excluding hydrogens is 376 g/mol. The molecule has 27 heavy (non-hydrogen) atoms. The lowest BCUT2D eigenvalue weighted by Gasteiger charge is -2.28. The average Bonchev–Trinajstić information content (AvgIpc) is 2.62. The molecule has 0 spiro atoms. The second-order valence-corrected chi connectivity index (χ2v) is 6.28. The van der Waals surface area contributed by atoms with Crippen LogP contribution in [0.25, 0.3) is 0 Å². The Balaban J connectivity index is 2.28. The number of rotatable bonds is 8. The molecule has 1 atom stereocenters. The Kier molecular flexibility index (Phi) is 7.32. The number of carbonyl (C=O) groups excluding carboxylic acids is 2. The Hall–Kier alpha value is -2.45. The third kappa shape index (κ3) is 5.05. The van der Waals surface area contributed by atoms with Crippen molar-refractivity contribution in [3.63, 3.8) is 0 Å². The minimum atomic E-state index is -0.810. The molecular formula is C18H23ClN2O6. The van der Waals surface area contributed by atoms with Crippen molar-refractivity contribution < 1.29 is 28.9 Å². The molecule has 2 amide bonds. The predicted molar refractivity (Wildman–Crippen MR) is 98.8 cm³/mol. The van der Waals surface area contributed by atoms with Crippen molar-refractivity contribution in [3.05, 3.63) is 34.0 Å². The number of methoxy groups -OCH3 is 1. The fraction of sp³-hybridized carbons (Fsp3) is 0.444. The highest BCUT2D eigenvalue weighted by atomic mass is 35.5. The molecule has 1 aliphatic heterocycles. The maximum Gasteiger partial charge on any atom is 0.338 e. The number of hydrogen-bond acceptors (Lipinski definition) is 6. The van der Waals surface area contributed by atoms with Crippen LogP contribution < -0.4 is 15.4 Å². The topological polar surface area (TPSA) is 106 Å². The number of halogens is 1. The molecule has 0 fully saturated rings. The lowest BCUT2D eigenvalue weighted by molar-refractivity contribution is -0.141. The molecule has 0 aromatic heterocycles. The third-order valence-electron chi connectivity index (χ3n) is 3.90. The van der Waals surface area contributed by atoms with E-state index in [0.717, 1.165) is 6.42 Å². The van der Waals surface area contributed by atoms with Gasteiger partial charge in [0.1, 0.15) is 6.61 Å². The maximum absolute atomic E-state index is 12.6. The van der Waals surface area contributed by atoms with E-state index < -0.39 is 18.0 Å². The van der Waals surface area contributed by atoms with Crippen LogP contribution in [0, 0.1) is 0 Å². The molecule has 2 rings (SSSR count). The van der Waals surface area contributed by atoms with Crippen molar-refractivity contribution in [2.75, 3.05) is 26.9 Å². The van der Waals surface area contributed by atoms with E-state index in [9.17, 15) is 14.7 Å². The van der Waals surface area contributed by atoms with Crippen molar-refractivity contribution in [2.45, 2.75) is 26.3 Å². The number of urea groups is 1. The van der Waals surface area contributed by atoms with Crippen LogP contribution in [0.5, 0.6) is 11.5 Å². The zero-order valence-electron chi connectivity index (χ0n) is 15.4. The fourth-order valence-corrected chi connectivity index (χ4v) is 2.87. The number of allylic oxidation sites excluding steroid dienone is 1. The second-order valence-electron chi connectivity index (χ2n) is 5.87. The summed E-state index contributed by atoms with van der Waals surface area (Å²) in [5, 5.41) is 15.2. The first-order chi connectivity index (χ1) is 12.9. The van der Waals surface area contributed by atoms with Crippen molar-refractivity contribution >= 4 is 23.6 Å². The lowest BCUT2D eigenvalue weighted by atomic mass is 9.95. The quantitative estimate of drug-likeness (QED) is 0.459. The molecule has 1 aromatic rings. The summed E-state index contributed by atoms with van der Waals surface area (Å²) in [6.07, 6.45) is 0.875. The highest BCUT2D eigenvalue weighted by Crippen LogP contribution is 2.39. The van der Waals surface area contributed by atoms with Crippen LogP contribution >= 0.6 is 11.6 Å². The summed E-state index contributed by atoms with van der Waals surface area (Å²) in [5.41, 5.74) is 1.07. The van der Waals surface area contributed by atoms with Gasteiger partial charge in [-0.3, -0.25) is 0 Å². The van der Waals surface area contributed by atoms with E-state index in [1.807, 2.05) is 6.92 Å². The van der Waals surface area contributed by atoms with Gasteiger partial charge in [-0.25, -0.2) is 9.59 Å². The van der Waals surface area contributed by atoms with Crippen molar-refractivity contribution in [3.8, 4) is 11.5 Å². The van der Waals surface area contributed by atoms with Gasteiger partial charge in [-0.15, -0.1) is 0 Å². The van der Waals surface area contributed by atoms with Crippen molar-refractivity contribution in [1.82, 2.24) is 10.6 Å². The Morgan fingerprint density at radius 1 is 1.30 bits per heavy atom. The molecule has 1 aromatic carbocycles. The summed E-state index contributed by atoms with van der Waals surface area (Å²) in [7, 11) is 1.38. The van der Waals surface area contributed by atoms with Gasteiger partial charge in [-0.05, 0) is 31.0 Å². The molecule has 0 bridgehead atoms. The van der Waals surface area contributed by atoms with Gasteiger partial charge in [0.2, 0.25) is 0 Å². The standard InChI is InChI=1S/C18H23ClN2O6/c1-4-5-26-6-7-27-17(23)14-10(2)20-18(24)21-15(14)11-8-12(19)16(22)13(9-11)25-3/h8-9,15,22H,4-7H2,1-3H3,(H2,20,21,24)/t15-/m1/s1. The number of amides is 2. The smallest absolute Gasteiger partial charge is 0.338 e. The van der Waals surface area contributed by atoms with Crippen LogP contribution in [-0.4, -0.2) is 44.0 Å².